The largest absolute Gasteiger partial charge is 0.384 e. The second kappa shape index (κ2) is 7.39. The smallest absolute Gasteiger partial charge is 0.315 e. The summed E-state index contributed by atoms with van der Waals surface area (Å²) in [6.07, 6.45) is 0. The van der Waals surface area contributed by atoms with Crippen molar-refractivity contribution >= 4 is 6.03 Å². The SMILES string of the molecule is CC(C)NC(=O)NCc1cc(C#CCO)ccc1F. The molecule has 1 aromatic rings. The fourth-order valence-electron chi connectivity index (χ4n) is 1.42. The van der Waals surface area contributed by atoms with Crippen LogP contribution >= 0.6 is 0 Å². The lowest BCUT2D eigenvalue weighted by Crippen LogP contribution is -2.39. The van der Waals surface area contributed by atoms with Crippen LogP contribution in [0.3, 0.4) is 0 Å². The van der Waals surface area contributed by atoms with Crippen molar-refractivity contribution in [3.05, 3.63) is 35.1 Å². The monoisotopic (exact) mass is 264 g/mol. The number of aliphatic hydroxyl groups excluding tert-OH is 1. The van der Waals surface area contributed by atoms with Crippen molar-refractivity contribution in [1.29, 1.82) is 0 Å². The number of amides is 2. The molecule has 0 aromatic heterocycles. The van der Waals surface area contributed by atoms with E-state index in [1.807, 2.05) is 13.8 Å². The third kappa shape index (κ3) is 5.40. The number of hydrogen-bond acceptors (Lipinski definition) is 2. The normalized spacial score (nSPS) is 9.74. The quantitative estimate of drug-likeness (QED) is 0.722. The zero-order valence-corrected chi connectivity index (χ0v) is 11.0. The summed E-state index contributed by atoms with van der Waals surface area (Å²) in [5, 5.41) is 13.8. The molecule has 2 amide bonds. The van der Waals surface area contributed by atoms with E-state index in [9.17, 15) is 9.18 Å². The molecular weight excluding hydrogens is 247 g/mol. The van der Waals surface area contributed by atoms with Gasteiger partial charge in [-0.1, -0.05) is 11.8 Å². The van der Waals surface area contributed by atoms with Crippen LogP contribution < -0.4 is 10.6 Å². The highest BCUT2D eigenvalue weighted by Gasteiger charge is 2.06. The van der Waals surface area contributed by atoms with Gasteiger partial charge in [-0.2, -0.15) is 0 Å². The van der Waals surface area contributed by atoms with Crippen molar-refractivity contribution in [2.45, 2.75) is 26.4 Å². The van der Waals surface area contributed by atoms with Gasteiger partial charge in [-0.25, -0.2) is 9.18 Å². The number of rotatable bonds is 3. The van der Waals surface area contributed by atoms with Gasteiger partial charge in [-0.05, 0) is 32.0 Å². The molecule has 5 heteroatoms. The molecule has 0 atom stereocenters. The zero-order valence-electron chi connectivity index (χ0n) is 11.0. The van der Waals surface area contributed by atoms with Gasteiger partial charge in [0.1, 0.15) is 12.4 Å². The maximum atomic E-state index is 13.5. The van der Waals surface area contributed by atoms with Gasteiger partial charge < -0.3 is 15.7 Å². The summed E-state index contributed by atoms with van der Waals surface area (Å²) in [5.74, 6) is 4.77. The third-order valence-electron chi connectivity index (χ3n) is 2.22. The molecule has 3 N–H and O–H groups in total. The molecular formula is C14H17FN2O2. The van der Waals surface area contributed by atoms with Gasteiger partial charge in [-0.3, -0.25) is 0 Å². The predicted molar refractivity (Wildman–Crippen MR) is 70.9 cm³/mol. The summed E-state index contributed by atoms with van der Waals surface area (Å²) in [7, 11) is 0. The number of aliphatic hydroxyl groups is 1. The summed E-state index contributed by atoms with van der Waals surface area (Å²) in [5.41, 5.74) is 0.945. The van der Waals surface area contributed by atoms with Gasteiger partial charge in [0.25, 0.3) is 0 Å². The van der Waals surface area contributed by atoms with E-state index in [1.54, 1.807) is 6.07 Å². The first kappa shape index (κ1) is 15.0. The fourth-order valence-corrected chi connectivity index (χ4v) is 1.42. The van der Waals surface area contributed by atoms with Crippen molar-refractivity contribution in [2.24, 2.45) is 0 Å². The van der Waals surface area contributed by atoms with Crippen LogP contribution in [0.2, 0.25) is 0 Å². The maximum absolute atomic E-state index is 13.5. The van der Waals surface area contributed by atoms with Crippen molar-refractivity contribution < 1.29 is 14.3 Å². The van der Waals surface area contributed by atoms with Crippen LogP contribution in [0.4, 0.5) is 9.18 Å². The van der Waals surface area contributed by atoms with Crippen molar-refractivity contribution in [3.8, 4) is 11.8 Å². The van der Waals surface area contributed by atoms with Crippen molar-refractivity contribution in [3.63, 3.8) is 0 Å². The number of hydrogen-bond donors (Lipinski definition) is 3. The highest BCUT2D eigenvalue weighted by atomic mass is 19.1. The van der Waals surface area contributed by atoms with Gasteiger partial charge in [0, 0.05) is 23.7 Å². The van der Waals surface area contributed by atoms with E-state index in [0.29, 0.717) is 11.1 Å². The van der Waals surface area contributed by atoms with Crippen LogP contribution in [0.25, 0.3) is 0 Å². The Kier molecular flexibility index (Phi) is 5.83. The predicted octanol–water partition coefficient (Wildman–Crippen LogP) is 1.38. The molecule has 0 aliphatic carbocycles. The average Bonchev–Trinajstić information content (AvgIpc) is 2.35. The minimum absolute atomic E-state index is 0.0200. The van der Waals surface area contributed by atoms with Crippen molar-refractivity contribution in [2.75, 3.05) is 6.61 Å². The highest BCUT2D eigenvalue weighted by molar-refractivity contribution is 5.74. The summed E-state index contributed by atoms with van der Waals surface area (Å²) < 4.78 is 13.5. The van der Waals surface area contributed by atoms with E-state index in [1.165, 1.54) is 12.1 Å². The molecule has 0 saturated heterocycles. The van der Waals surface area contributed by atoms with Crippen LogP contribution in [0, 0.1) is 17.7 Å². The lowest BCUT2D eigenvalue weighted by atomic mass is 10.1. The molecule has 0 saturated carbocycles. The van der Waals surface area contributed by atoms with E-state index >= 15 is 0 Å². The lowest BCUT2D eigenvalue weighted by Gasteiger charge is -2.10. The van der Waals surface area contributed by atoms with Crippen LogP contribution in [-0.2, 0) is 6.54 Å². The Bertz CT molecular complexity index is 504. The summed E-state index contributed by atoms with van der Waals surface area (Å²) >= 11 is 0. The Labute approximate surface area is 112 Å². The lowest BCUT2D eigenvalue weighted by molar-refractivity contribution is 0.238. The maximum Gasteiger partial charge on any atom is 0.315 e. The molecule has 0 radical (unpaired) electrons. The number of urea groups is 1. The molecule has 102 valence electrons. The van der Waals surface area contributed by atoms with Crippen LogP contribution in [0.1, 0.15) is 25.0 Å². The summed E-state index contributed by atoms with van der Waals surface area (Å²) in [6, 6.07) is 4.04. The highest BCUT2D eigenvalue weighted by Crippen LogP contribution is 2.09. The molecule has 4 nitrogen and oxygen atoms in total. The topological polar surface area (TPSA) is 61.4 Å². The van der Waals surface area contributed by atoms with Crippen molar-refractivity contribution in [1.82, 2.24) is 10.6 Å². The second-order valence-corrected chi connectivity index (χ2v) is 4.25. The van der Waals surface area contributed by atoms with Gasteiger partial charge in [-0.15, -0.1) is 0 Å². The first-order valence-electron chi connectivity index (χ1n) is 5.95. The van der Waals surface area contributed by atoms with Gasteiger partial charge >= 0.3 is 6.03 Å². The van der Waals surface area contributed by atoms with E-state index < -0.39 is 5.82 Å². The number of carbonyl (C=O) groups excluding carboxylic acids is 1. The second-order valence-electron chi connectivity index (χ2n) is 4.25. The first-order valence-corrected chi connectivity index (χ1v) is 5.95. The molecule has 0 aliphatic rings. The minimum Gasteiger partial charge on any atom is -0.384 e. The van der Waals surface area contributed by atoms with Crippen LogP contribution in [0.15, 0.2) is 18.2 Å². The molecule has 0 bridgehead atoms. The van der Waals surface area contributed by atoms with E-state index in [-0.39, 0.29) is 25.2 Å². The van der Waals surface area contributed by atoms with Gasteiger partial charge in [0.15, 0.2) is 0 Å². The van der Waals surface area contributed by atoms with E-state index in [0.717, 1.165) is 0 Å². The Morgan fingerprint density at radius 3 is 2.84 bits per heavy atom. The third-order valence-corrected chi connectivity index (χ3v) is 2.22. The molecule has 0 aliphatic heterocycles. The van der Waals surface area contributed by atoms with Crippen LogP contribution in [0.5, 0.6) is 0 Å². The summed E-state index contributed by atoms with van der Waals surface area (Å²) in [6.45, 7) is 3.51. The molecule has 19 heavy (non-hydrogen) atoms. The molecule has 0 unspecified atom stereocenters. The molecule has 0 spiro atoms. The molecule has 0 heterocycles. The number of halogens is 1. The minimum atomic E-state index is -0.403. The zero-order chi connectivity index (χ0) is 14.3. The molecule has 1 aromatic carbocycles. The summed E-state index contributed by atoms with van der Waals surface area (Å²) in [4.78, 5) is 11.4. The van der Waals surface area contributed by atoms with E-state index in [4.69, 9.17) is 5.11 Å². The number of nitrogens with one attached hydrogen (secondary N) is 2. The van der Waals surface area contributed by atoms with Gasteiger partial charge in [0.05, 0.1) is 0 Å². The fraction of sp³-hybridized carbons (Fsp3) is 0.357. The number of carbonyl (C=O) groups is 1. The Morgan fingerprint density at radius 2 is 2.21 bits per heavy atom. The number of benzene rings is 1. The van der Waals surface area contributed by atoms with Crippen LogP contribution in [-0.4, -0.2) is 23.8 Å². The first-order chi connectivity index (χ1) is 9.02. The Morgan fingerprint density at radius 1 is 1.47 bits per heavy atom. The Balaban J connectivity index is 2.69. The molecule has 0 fully saturated rings. The van der Waals surface area contributed by atoms with E-state index in [2.05, 4.69) is 22.5 Å². The Hall–Kier alpha value is -2.06. The average molecular weight is 264 g/mol. The van der Waals surface area contributed by atoms with Gasteiger partial charge in [0.2, 0.25) is 0 Å². The standard InChI is InChI=1S/C14H17FN2O2/c1-10(2)17-14(19)16-9-12-8-11(4-3-7-18)5-6-13(12)15/h5-6,8,10,18H,7,9H2,1-2H3,(H2,16,17,19). The molecule has 1 rings (SSSR count).